The second kappa shape index (κ2) is 14.3. The van der Waals surface area contributed by atoms with Gasteiger partial charge < -0.3 is 29.2 Å². The minimum absolute atomic E-state index is 0.139. The first kappa shape index (κ1) is 35.0. The zero-order chi connectivity index (χ0) is 33.7. The molecule has 0 bridgehead atoms. The molecule has 1 unspecified atom stereocenters. The van der Waals surface area contributed by atoms with E-state index in [0.29, 0.717) is 49.9 Å². The van der Waals surface area contributed by atoms with Crippen LogP contribution in [-0.4, -0.2) is 83.0 Å². The van der Waals surface area contributed by atoms with E-state index >= 15 is 0 Å². The predicted molar refractivity (Wildman–Crippen MR) is 177 cm³/mol. The van der Waals surface area contributed by atoms with Crippen molar-refractivity contribution in [1.82, 2.24) is 19.5 Å². The summed E-state index contributed by atoms with van der Waals surface area (Å²) in [5.74, 6) is 1.22. The normalized spacial score (nSPS) is 17.0. The van der Waals surface area contributed by atoms with Crippen LogP contribution in [0.15, 0.2) is 42.6 Å². The van der Waals surface area contributed by atoms with Crippen LogP contribution in [0.5, 0.6) is 0 Å². The Kier molecular flexibility index (Phi) is 10.8. The number of aromatic nitrogens is 3. The Morgan fingerprint density at radius 3 is 2.39 bits per heavy atom. The molecule has 1 N–H and O–H groups in total. The molecule has 4 rings (SSSR count). The first-order valence-electron chi connectivity index (χ1n) is 15.8. The van der Waals surface area contributed by atoms with Crippen LogP contribution < -0.4 is 10.2 Å². The molecule has 1 atom stereocenters. The molecule has 12 heteroatoms. The van der Waals surface area contributed by atoms with Crippen molar-refractivity contribution in [2.24, 2.45) is 5.41 Å². The summed E-state index contributed by atoms with van der Waals surface area (Å²) in [6.07, 6.45) is 1.65. The highest BCUT2D eigenvalue weighted by Crippen LogP contribution is 2.34. The Morgan fingerprint density at radius 2 is 1.76 bits per heavy atom. The monoisotopic (exact) mass is 638 g/mol. The van der Waals surface area contributed by atoms with Gasteiger partial charge in [0.25, 0.3) is 0 Å². The summed E-state index contributed by atoms with van der Waals surface area (Å²) < 4.78 is 24.2. The summed E-state index contributed by atoms with van der Waals surface area (Å²) >= 11 is 0. The van der Waals surface area contributed by atoms with Gasteiger partial charge in [-0.3, -0.25) is 4.90 Å². The molecule has 12 nitrogen and oxygen atoms in total. The summed E-state index contributed by atoms with van der Waals surface area (Å²) in [4.78, 5) is 35.0. The van der Waals surface area contributed by atoms with Gasteiger partial charge >= 0.3 is 12.2 Å². The number of benzene rings is 1. The summed E-state index contributed by atoms with van der Waals surface area (Å²) in [5.41, 5.74) is 0.795. The lowest BCUT2D eigenvalue weighted by atomic mass is 9.88. The van der Waals surface area contributed by atoms with Crippen molar-refractivity contribution in [2.45, 2.75) is 85.5 Å². The van der Waals surface area contributed by atoms with Crippen LogP contribution in [0.2, 0.25) is 0 Å². The lowest BCUT2D eigenvalue weighted by molar-refractivity contribution is -0.0604. The number of hydrogen-bond acceptors (Lipinski definition) is 9. The van der Waals surface area contributed by atoms with Gasteiger partial charge in [-0.15, -0.1) is 0 Å². The molecule has 1 aliphatic heterocycles. The van der Waals surface area contributed by atoms with Gasteiger partial charge in [0.05, 0.1) is 19.3 Å². The number of fused-ring (bicyclic) bond motifs is 1. The highest BCUT2D eigenvalue weighted by molar-refractivity contribution is 5.88. The molecule has 2 amide bonds. The van der Waals surface area contributed by atoms with Crippen molar-refractivity contribution in [3.8, 4) is 0 Å². The van der Waals surface area contributed by atoms with Crippen LogP contribution in [0, 0.1) is 5.41 Å². The van der Waals surface area contributed by atoms with Crippen molar-refractivity contribution < 1.29 is 28.5 Å². The standard InChI is InChI=1S/C34H50N6O6/c1-24(2)26-18-36-40-28(39(31(42)46-33(6,7)8)19-25-13-11-10-12-14-25)17-27(37-29(26)40)35-20-34(22-44-23-43-9)15-16-38(21-34)30(41)45-32(3,4)5/h10-14,17-18,24H,15-16,19-23H2,1-9H3,(H,35,37). The average molecular weight is 639 g/mol. The highest BCUT2D eigenvalue weighted by Gasteiger charge is 2.42. The van der Waals surface area contributed by atoms with Gasteiger partial charge in [-0.25, -0.2) is 14.6 Å². The van der Waals surface area contributed by atoms with Gasteiger partial charge in [0.2, 0.25) is 0 Å². The fourth-order valence-corrected chi connectivity index (χ4v) is 5.33. The Hall–Kier alpha value is -3.90. The minimum atomic E-state index is -0.705. The van der Waals surface area contributed by atoms with Crippen molar-refractivity contribution in [3.05, 3.63) is 53.7 Å². The molecular weight excluding hydrogens is 588 g/mol. The predicted octanol–water partition coefficient (Wildman–Crippen LogP) is 6.45. The van der Waals surface area contributed by atoms with Crippen LogP contribution in [0.3, 0.4) is 0 Å². The quantitative estimate of drug-likeness (QED) is 0.187. The number of likely N-dealkylation sites (tertiary alicyclic amines) is 1. The van der Waals surface area contributed by atoms with Gasteiger partial charge in [0.15, 0.2) is 5.65 Å². The van der Waals surface area contributed by atoms with Crippen LogP contribution in [0.1, 0.15) is 78.9 Å². The molecular formula is C34H50N6O6. The first-order chi connectivity index (χ1) is 21.6. The summed E-state index contributed by atoms with van der Waals surface area (Å²) in [6.45, 7) is 17.5. The summed E-state index contributed by atoms with van der Waals surface area (Å²) in [5, 5.41) is 8.19. The molecule has 1 saturated heterocycles. The highest BCUT2D eigenvalue weighted by atomic mass is 16.7. The van der Waals surface area contributed by atoms with Gasteiger partial charge in [-0.2, -0.15) is 9.61 Å². The number of rotatable bonds is 11. The topological polar surface area (TPSA) is 120 Å². The Morgan fingerprint density at radius 1 is 1.07 bits per heavy atom. The van der Waals surface area contributed by atoms with Crippen molar-refractivity contribution in [3.63, 3.8) is 0 Å². The van der Waals surface area contributed by atoms with E-state index in [1.807, 2.05) is 77.9 Å². The van der Waals surface area contributed by atoms with Crippen LogP contribution in [0.25, 0.3) is 5.65 Å². The number of carbonyl (C=O) groups excluding carboxylic acids is 2. The molecule has 0 radical (unpaired) electrons. The molecule has 2 aromatic heterocycles. The van der Waals surface area contributed by atoms with Crippen LogP contribution in [0.4, 0.5) is 21.2 Å². The fourth-order valence-electron chi connectivity index (χ4n) is 5.33. The third-order valence-corrected chi connectivity index (χ3v) is 7.52. The largest absolute Gasteiger partial charge is 0.444 e. The summed E-state index contributed by atoms with van der Waals surface area (Å²) in [6, 6.07) is 11.6. The molecule has 3 aromatic rings. The number of ether oxygens (including phenoxy) is 4. The van der Waals surface area contributed by atoms with E-state index in [0.717, 1.165) is 11.1 Å². The molecule has 0 saturated carbocycles. The SMILES string of the molecule is COCOCC1(CNc2cc(N(Cc3ccccc3)C(=O)OC(C)(C)C)n3ncc(C(C)C)c3n2)CCN(C(=O)OC(C)(C)C)C1. The Bertz CT molecular complexity index is 1480. The maximum atomic E-state index is 13.8. The molecule has 3 heterocycles. The van der Waals surface area contributed by atoms with E-state index in [1.54, 1.807) is 27.6 Å². The number of carbonyl (C=O) groups is 2. The van der Waals surface area contributed by atoms with E-state index in [9.17, 15) is 9.59 Å². The third kappa shape index (κ3) is 9.10. The maximum Gasteiger partial charge on any atom is 0.416 e. The van der Waals surface area contributed by atoms with Crippen molar-refractivity contribution in [1.29, 1.82) is 0 Å². The van der Waals surface area contributed by atoms with E-state index in [4.69, 9.17) is 23.9 Å². The van der Waals surface area contributed by atoms with Crippen LogP contribution >= 0.6 is 0 Å². The third-order valence-electron chi connectivity index (χ3n) is 7.52. The smallest absolute Gasteiger partial charge is 0.416 e. The number of anilines is 2. The molecule has 1 aliphatic rings. The number of nitrogens with zero attached hydrogens (tertiary/aromatic N) is 5. The average Bonchev–Trinajstić information content (AvgIpc) is 3.59. The number of hydrogen-bond donors (Lipinski definition) is 1. The molecule has 0 spiro atoms. The minimum Gasteiger partial charge on any atom is -0.444 e. The van der Waals surface area contributed by atoms with Crippen molar-refractivity contribution >= 4 is 29.5 Å². The van der Waals surface area contributed by atoms with Crippen LogP contribution in [-0.2, 0) is 25.5 Å². The Balaban J connectivity index is 1.71. The molecule has 0 aliphatic carbocycles. The number of nitrogens with one attached hydrogen (secondary N) is 1. The maximum absolute atomic E-state index is 13.8. The molecule has 252 valence electrons. The lowest BCUT2D eigenvalue weighted by Gasteiger charge is -2.31. The van der Waals surface area contributed by atoms with E-state index in [2.05, 4.69) is 24.3 Å². The van der Waals surface area contributed by atoms with Gasteiger partial charge in [0, 0.05) is 43.8 Å². The second-order valence-corrected chi connectivity index (χ2v) is 14.3. The van der Waals surface area contributed by atoms with Crippen molar-refractivity contribution in [2.75, 3.05) is 50.4 Å². The number of methoxy groups -OCH3 is 1. The zero-order valence-electron chi connectivity index (χ0n) is 28.8. The Labute approximate surface area is 272 Å². The van der Waals surface area contributed by atoms with E-state index in [1.165, 1.54) is 0 Å². The van der Waals surface area contributed by atoms with Gasteiger partial charge in [-0.1, -0.05) is 44.2 Å². The van der Waals surface area contributed by atoms with Gasteiger partial charge in [0.1, 0.15) is 29.6 Å². The second-order valence-electron chi connectivity index (χ2n) is 14.3. The summed E-state index contributed by atoms with van der Waals surface area (Å²) in [7, 11) is 1.58. The molecule has 1 aromatic carbocycles. The molecule has 46 heavy (non-hydrogen) atoms. The first-order valence-corrected chi connectivity index (χ1v) is 15.8. The molecule has 1 fully saturated rings. The number of amides is 2. The van der Waals surface area contributed by atoms with E-state index in [-0.39, 0.29) is 25.3 Å². The zero-order valence-corrected chi connectivity index (χ0v) is 28.8. The fraction of sp³-hybridized carbons (Fsp3) is 0.588. The van der Waals surface area contributed by atoms with E-state index < -0.39 is 22.7 Å². The van der Waals surface area contributed by atoms with Gasteiger partial charge in [-0.05, 0) is 59.4 Å². The lowest BCUT2D eigenvalue weighted by Crippen LogP contribution is -2.41.